The van der Waals surface area contributed by atoms with Crippen molar-refractivity contribution in [1.29, 1.82) is 0 Å². The molecule has 1 saturated heterocycles. The van der Waals surface area contributed by atoms with E-state index in [9.17, 15) is 4.39 Å². The zero-order valence-corrected chi connectivity index (χ0v) is 21.4. The summed E-state index contributed by atoms with van der Waals surface area (Å²) in [4.78, 5) is 0. The van der Waals surface area contributed by atoms with Gasteiger partial charge in [-0.25, -0.2) is 4.39 Å². The molecule has 1 heterocycles. The molecule has 0 spiro atoms. The van der Waals surface area contributed by atoms with E-state index in [1.807, 2.05) is 30.3 Å². The van der Waals surface area contributed by atoms with Gasteiger partial charge in [0.2, 0.25) is 0 Å². The first-order valence-electron chi connectivity index (χ1n) is 12.2. The van der Waals surface area contributed by atoms with Crippen LogP contribution in [0.1, 0.15) is 32.8 Å². The molecule has 3 aromatic carbocycles. The van der Waals surface area contributed by atoms with Crippen LogP contribution in [-0.2, 0) is 15.7 Å². The molecule has 0 unspecified atom stereocenters. The molecular weight excluding hydrogens is 441 g/mol. The Balaban J connectivity index is 1.53. The summed E-state index contributed by atoms with van der Waals surface area (Å²) >= 11 is 0. The fourth-order valence-electron chi connectivity index (χ4n) is 4.99. The molecule has 0 saturated carbocycles. The first kappa shape index (κ1) is 24.8. The molecule has 0 bridgehead atoms. The maximum absolute atomic E-state index is 14.7. The number of halogens is 1. The van der Waals surface area contributed by atoms with Crippen LogP contribution in [0.4, 0.5) is 4.39 Å². The Morgan fingerprint density at radius 1 is 0.882 bits per heavy atom. The normalized spacial score (nSPS) is 21.4. The largest absolute Gasteiger partial charge is 0.405 e. The Hall–Kier alpha value is -2.31. The molecule has 3 atom stereocenters. The van der Waals surface area contributed by atoms with Crippen molar-refractivity contribution in [3.63, 3.8) is 0 Å². The number of ether oxygens (including phenoxy) is 1. The quantitative estimate of drug-likeness (QED) is 0.471. The van der Waals surface area contributed by atoms with Crippen molar-refractivity contribution in [2.45, 2.75) is 57.1 Å². The molecule has 1 fully saturated rings. The van der Waals surface area contributed by atoms with E-state index in [1.54, 1.807) is 0 Å². The van der Waals surface area contributed by atoms with E-state index in [-0.39, 0.29) is 23.8 Å². The van der Waals surface area contributed by atoms with Crippen molar-refractivity contribution >= 4 is 18.7 Å². The van der Waals surface area contributed by atoms with Crippen LogP contribution in [-0.4, -0.2) is 39.8 Å². The summed E-state index contributed by atoms with van der Waals surface area (Å²) in [6.45, 7) is 7.99. The van der Waals surface area contributed by atoms with Crippen LogP contribution in [0, 0.1) is 0 Å². The maximum Gasteiger partial charge on any atom is 0.261 e. The fraction of sp³-hybridized carbons (Fsp3) is 0.379. The number of benzene rings is 3. The van der Waals surface area contributed by atoms with Gasteiger partial charge in [-0.3, -0.25) is 0 Å². The highest BCUT2D eigenvalue weighted by Gasteiger charge is 2.50. The lowest BCUT2D eigenvalue weighted by Crippen LogP contribution is -2.67. The number of alkyl halides is 1. The van der Waals surface area contributed by atoms with Gasteiger partial charge in [0, 0.05) is 12.6 Å². The average molecular weight is 478 g/mol. The van der Waals surface area contributed by atoms with E-state index in [2.05, 4.69) is 86.8 Å². The van der Waals surface area contributed by atoms with Crippen LogP contribution in [0.5, 0.6) is 0 Å². The molecule has 180 valence electrons. The summed E-state index contributed by atoms with van der Waals surface area (Å²) in [5, 5.41) is 5.79. The Morgan fingerprint density at radius 2 is 1.41 bits per heavy atom. The summed E-state index contributed by atoms with van der Waals surface area (Å²) in [6.07, 6.45) is -0.582. The van der Waals surface area contributed by atoms with E-state index in [1.165, 1.54) is 10.4 Å². The van der Waals surface area contributed by atoms with Gasteiger partial charge < -0.3 is 14.5 Å². The Labute approximate surface area is 204 Å². The number of nitrogens with one attached hydrogen (secondary N) is 1. The predicted octanol–water partition coefficient (Wildman–Crippen LogP) is 4.85. The van der Waals surface area contributed by atoms with Gasteiger partial charge >= 0.3 is 0 Å². The van der Waals surface area contributed by atoms with Crippen LogP contribution in [0.25, 0.3) is 0 Å². The summed E-state index contributed by atoms with van der Waals surface area (Å²) in [5.41, 5.74) is 1.15. The van der Waals surface area contributed by atoms with E-state index in [0.29, 0.717) is 19.6 Å². The highest BCUT2D eigenvalue weighted by molar-refractivity contribution is 6.99. The second kappa shape index (κ2) is 11.0. The van der Waals surface area contributed by atoms with Crippen LogP contribution in [0.15, 0.2) is 91.0 Å². The molecule has 5 heteroatoms. The third-order valence-electron chi connectivity index (χ3n) is 6.76. The topological polar surface area (TPSA) is 30.5 Å². The van der Waals surface area contributed by atoms with Gasteiger partial charge in [-0.2, -0.15) is 0 Å². The van der Waals surface area contributed by atoms with Gasteiger partial charge in [0.25, 0.3) is 8.32 Å². The monoisotopic (exact) mass is 477 g/mol. The molecule has 1 N–H and O–H groups in total. The second-order valence-electron chi connectivity index (χ2n) is 10.2. The third kappa shape index (κ3) is 5.49. The van der Waals surface area contributed by atoms with Crippen LogP contribution < -0.4 is 15.7 Å². The van der Waals surface area contributed by atoms with Crippen molar-refractivity contribution in [1.82, 2.24) is 5.32 Å². The first-order chi connectivity index (χ1) is 16.4. The Bertz CT molecular complexity index is 971. The van der Waals surface area contributed by atoms with Gasteiger partial charge in [-0.1, -0.05) is 112 Å². The molecule has 34 heavy (non-hydrogen) atoms. The zero-order valence-electron chi connectivity index (χ0n) is 20.4. The summed E-state index contributed by atoms with van der Waals surface area (Å²) in [6, 6.07) is 31.1. The van der Waals surface area contributed by atoms with Gasteiger partial charge in [0.05, 0.1) is 19.3 Å². The summed E-state index contributed by atoms with van der Waals surface area (Å²) < 4.78 is 27.6. The minimum absolute atomic E-state index is 0.0984. The molecule has 0 aromatic heterocycles. The van der Waals surface area contributed by atoms with Crippen LogP contribution in [0.2, 0.25) is 5.04 Å². The van der Waals surface area contributed by atoms with Crippen molar-refractivity contribution in [3.05, 3.63) is 96.6 Å². The minimum Gasteiger partial charge on any atom is -0.405 e. The van der Waals surface area contributed by atoms with Crippen molar-refractivity contribution < 1.29 is 13.6 Å². The number of rotatable bonds is 8. The number of hydrogen-bond acceptors (Lipinski definition) is 3. The third-order valence-corrected chi connectivity index (χ3v) is 11.8. The average Bonchev–Trinajstić information content (AvgIpc) is 2.85. The van der Waals surface area contributed by atoms with Crippen molar-refractivity contribution in [2.24, 2.45) is 0 Å². The first-order valence-corrected chi connectivity index (χ1v) is 14.1. The van der Waals surface area contributed by atoms with E-state index < -0.39 is 14.5 Å². The second-order valence-corrected chi connectivity index (χ2v) is 14.5. The minimum atomic E-state index is -2.64. The Kier molecular flexibility index (Phi) is 7.99. The van der Waals surface area contributed by atoms with E-state index in [4.69, 9.17) is 9.16 Å². The van der Waals surface area contributed by atoms with E-state index >= 15 is 0 Å². The highest BCUT2D eigenvalue weighted by atomic mass is 28.4. The molecule has 3 nitrogen and oxygen atoms in total. The lowest BCUT2D eigenvalue weighted by atomic mass is 10.0. The van der Waals surface area contributed by atoms with E-state index in [0.717, 1.165) is 5.56 Å². The van der Waals surface area contributed by atoms with Gasteiger partial charge in [0.1, 0.15) is 6.17 Å². The SMILES string of the molecule is CC(C)(C)[Si](OC[C@H]1C[C@@H](NCc2ccccc2)[C@@H](F)CO1)(c1ccccc1)c1ccccc1. The molecule has 1 aliphatic rings. The predicted molar refractivity (Wildman–Crippen MR) is 140 cm³/mol. The molecule has 3 aromatic rings. The van der Waals surface area contributed by atoms with Crippen molar-refractivity contribution in [3.8, 4) is 0 Å². The maximum atomic E-state index is 14.7. The van der Waals surface area contributed by atoms with Gasteiger partial charge in [-0.15, -0.1) is 0 Å². The summed E-state index contributed by atoms with van der Waals surface area (Å²) in [7, 11) is -2.64. The molecule has 0 aliphatic carbocycles. The van der Waals surface area contributed by atoms with Crippen molar-refractivity contribution in [2.75, 3.05) is 13.2 Å². The smallest absolute Gasteiger partial charge is 0.261 e. The molecule has 0 amide bonds. The van der Waals surface area contributed by atoms with Crippen LogP contribution >= 0.6 is 0 Å². The molecule has 1 aliphatic heterocycles. The lowest BCUT2D eigenvalue weighted by molar-refractivity contribution is -0.0626. The Morgan fingerprint density at radius 3 is 1.94 bits per heavy atom. The lowest BCUT2D eigenvalue weighted by Gasteiger charge is -2.44. The highest BCUT2D eigenvalue weighted by Crippen LogP contribution is 2.37. The molecular formula is C29H36FNO2Si. The molecule has 0 radical (unpaired) electrons. The zero-order chi connectivity index (χ0) is 24.0. The van der Waals surface area contributed by atoms with Gasteiger partial charge in [-0.05, 0) is 27.4 Å². The van der Waals surface area contributed by atoms with Gasteiger partial charge in [0.15, 0.2) is 0 Å². The fourth-order valence-corrected chi connectivity index (χ4v) is 9.59. The number of hydrogen-bond donors (Lipinski definition) is 1. The standard InChI is InChI=1S/C29H36FNO2Si/c1-29(2,3)34(25-15-9-5-10-16-25,26-17-11-6-12-18-26)33-21-24-19-28(27(30)22-32-24)31-20-23-13-7-4-8-14-23/h4-18,24,27-28,31H,19-22H2,1-3H3/t24-,27+,28-/m1/s1. The van der Waals surface area contributed by atoms with Crippen LogP contribution in [0.3, 0.4) is 0 Å². The summed E-state index contributed by atoms with van der Waals surface area (Å²) in [5.74, 6) is 0. The molecule has 4 rings (SSSR count).